The number of aromatic carboxylic acids is 1. The third-order valence-electron chi connectivity index (χ3n) is 2.94. The van der Waals surface area contributed by atoms with Gasteiger partial charge in [0.15, 0.2) is 5.58 Å². The molecule has 1 aromatic carbocycles. The van der Waals surface area contributed by atoms with Crippen LogP contribution >= 0.6 is 12.4 Å². The van der Waals surface area contributed by atoms with Crippen LogP contribution in [0.15, 0.2) is 27.9 Å². The highest BCUT2D eigenvalue weighted by molar-refractivity contribution is 6.12. The Morgan fingerprint density at radius 2 is 2.21 bits per heavy atom. The highest BCUT2D eigenvalue weighted by Gasteiger charge is 2.20. The third-order valence-corrected chi connectivity index (χ3v) is 2.94. The smallest absolute Gasteiger partial charge is 0.337 e. The second-order valence-electron chi connectivity index (χ2n) is 3.93. The normalized spacial score (nSPS) is 12.1. The monoisotopic (exact) mass is 278 g/mol. The molecule has 3 rings (SSSR count). The second-order valence-corrected chi connectivity index (χ2v) is 3.93. The van der Waals surface area contributed by atoms with E-state index in [4.69, 9.17) is 4.42 Å². The Labute approximate surface area is 115 Å². The van der Waals surface area contributed by atoms with Crippen molar-refractivity contribution in [2.75, 3.05) is 12.4 Å². The van der Waals surface area contributed by atoms with E-state index in [1.54, 1.807) is 37.9 Å². The maximum atomic E-state index is 11.3. The summed E-state index contributed by atoms with van der Waals surface area (Å²) in [5.74, 6) is -0.992. The van der Waals surface area contributed by atoms with Gasteiger partial charge < -0.3 is 14.8 Å². The van der Waals surface area contributed by atoms with Gasteiger partial charge in [-0.25, -0.2) is 4.79 Å². The molecule has 0 spiro atoms. The number of hydrogen-bond acceptors (Lipinski definition) is 4. The molecule has 2 aromatic rings. The first-order valence-corrected chi connectivity index (χ1v) is 5.41. The van der Waals surface area contributed by atoms with Gasteiger partial charge in [0.2, 0.25) is 0 Å². The number of rotatable bonds is 2. The number of halogens is 1. The Bertz CT molecular complexity index is 716. The van der Waals surface area contributed by atoms with E-state index in [1.807, 2.05) is 0 Å². The van der Waals surface area contributed by atoms with Crippen molar-refractivity contribution in [1.29, 1.82) is 0 Å². The quantitative estimate of drug-likeness (QED) is 0.885. The van der Waals surface area contributed by atoms with Gasteiger partial charge in [-0.1, -0.05) is 0 Å². The highest BCUT2D eigenvalue weighted by atomic mass is 35.5. The number of anilines is 1. The Kier molecular flexibility index (Phi) is 3.31. The van der Waals surface area contributed by atoms with Crippen LogP contribution in [-0.4, -0.2) is 24.3 Å². The Hall–Kier alpha value is -2.27. The van der Waals surface area contributed by atoms with Crippen LogP contribution in [0.3, 0.4) is 0 Å². The van der Waals surface area contributed by atoms with E-state index in [1.165, 1.54) is 0 Å². The Morgan fingerprint density at radius 1 is 1.42 bits per heavy atom. The molecule has 2 heterocycles. The molecule has 2 N–H and O–H groups in total. The molecular formula is C13H11ClN2O3. The predicted molar refractivity (Wildman–Crippen MR) is 76.6 cm³/mol. The molecule has 0 saturated carbocycles. The molecule has 5 nitrogen and oxygen atoms in total. The highest BCUT2D eigenvalue weighted by Crippen LogP contribution is 2.35. The SMILES string of the molecule is CNc1c(C(=O)O)cc2c3c(coc13)C=NC=C2.Cl. The lowest BCUT2D eigenvalue weighted by atomic mass is 10.0. The summed E-state index contributed by atoms with van der Waals surface area (Å²) in [6.45, 7) is 0. The minimum absolute atomic E-state index is 0. The van der Waals surface area contributed by atoms with Crippen LogP contribution in [0.2, 0.25) is 0 Å². The van der Waals surface area contributed by atoms with Crippen molar-refractivity contribution in [3.05, 3.63) is 35.2 Å². The molecule has 0 saturated heterocycles. The van der Waals surface area contributed by atoms with Gasteiger partial charge in [-0.3, -0.25) is 4.99 Å². The lowest BCUT2D eigenvalue weighted by molar-refractivity contribution is 0.0698. The Balaban J connectivity index is 0.00000133. The summed E-state index contributed by atoms with van der Waals surface area (Å²) in [7, 11) is 1.67. The van der Waals surface area contributed by atoms with Crippen molar-refractivity contribution < 1.29 is 14.3 Å². The molecule has 19 heavy (non-hydrogen) atoms. The van der Waals surface area contributed by atoms with Gasteiger partial charge >= 0.3 is 5.97 Å². The van der Waals surface area contributed by atoms with E-state index in [-0.39, 0.29) is 18.0 Å². The first-order chi connectivity index (χ1) is 8.72. The summed E-state index contributed by atoms with van der Waals surface area (Å²) in [5.41, 5.74) is 2.85. The zero-order valence-electron chi connectivity index (χ0n) is 10.0. The Morgan fingerprint density at radius 3 is 2.89 bits per heavy atom. The molecular weight excluding hydrogens is 268 g/mol. The standard InChI is InChI=1S/C13H10N2O3.ClH/c1-14-11-9(13(16)17)4-7-2-3-15-5-8-6-18-12(11)10(7)8;/h2-6,14H,1H3,(H,16,17);1H. The molecule has 0 atom stereocenters. The lowest BCUT2D eigenvalue weighted by Crippen LogP contribution is -2.04. The van der Waals surface area contributed by atoms with Crippen LogP contribution in [0.5, 0.6) is 0 Å². The van der Waals surface area contributed by atoms with Crippen molar-refractivity contribution in [1.82, 2.24) is 0 Å². The fraction of sp³-hybridized carbons (Fsp3) is 0.0769. The van der Waals surface area contributed by atoms with E-state index in [2.05, 4.69) is 10.3 Å². The van der Waals surface area contributed by atoms with Crippen LogP contribution in [0.25, 0.3) is 17.0 Å². The minimum Gasteiger partial charge on any atom is -0.478 e. The topological polar surface area (TPSA) is 74.8 Å². The van der Waals surface area contributed by atoms with Crippen LogP contribution in [0.4, 0.5) is 5.69 Å². The van der Waals surface area contributed by atoms with Gasteiger partial charge in [-0.15, -0.1) is 12.4 Å². The molecule has 0 aliphatic carbocycles. The number of carboxylic acid groups (broad SMARTS) is 1. The van der Waals surface area contributed by atoms with E-state index in [0.29, 0.717) is 11.3 Å². The van der Waals surface area contributed by atoms with E-state index in [9.17, 15) is 9.90 Å². The number of nitrogens with one attached hydrogen (secondary N) is 1. The van der Waals surface area contributed by atoms with Crippen molar-refractivity contribution in [2.24, 2.45) is 4.99 Å². The number of benzene rings is 1. The molecule has 1 aromatic heterocycles. The predicted octanol–water partition coefficient (Wildman–Crippen LogP) is 3.00. The maximum absolute atomic E-state index is 11.3. The van der Waals surface area contributed by atoms with Gasteiger partial charge in [0.05, 0.1) is 11.3 Å². The molecule has 6 heteroatoms. The van der Waals surface area contributed by atoms with Crippen LogP contribution in [0, 0.1) is 0 Å². The van der Waals surface area contributed by atoms with E-state index < -0.39 is 5.97 Å². The molecule has 0 amide bonds. The minimum atomic E-state index is -0.992. The fourth-order valence-corrected chi connectivity index (χ4v) is 2.17. The second kappa shape index (κ2) is 4.78. The molecule has 98 valence electrons. The van der Waals surface area contributed by atoms with Crippen molar-refractivity contribution in [3.8, 4) is 0 Å². The summed E-state index contributed by atoms with van der Waals surface area (Å²) in [6.07, 6.45) is 6.69. The first kappa shape index (κ1) is 13.2. The van der Waals surface area contributed by atoms with Gasteiger partial charge in [0, 0.05) is 30.4 Å². The summed E-state index contributed by atoms with van der Waals surface area (Å²) < 4.78 is 5.48. The first-order valence-electron chi connectivity index (χ1n) is 5.41. The van der Waals surface area contributed by atoms with Gasteiger partial charge in [-0.2, -0.15) is 0 Å². The number of nitrogens with zero attached hydrogens (tertiary/aromatic N) is 1. The van der Waals surface area contributed by atoms with Crippen molar-refractivity contribution in [2.45, 2.75) is 0 Å². The molecule has 0 radical (unpaired) electrons. The van der Waals surface area contributed by atoms with Crippen LogP contribution in [0.1, 0.15) is 21.5 Å². The maximum Gasteiger partial charge on any atom is 0.337 e. The summed E-state index contributed by atoms with van der Waals surface area (Å²) >= 11 is 0. The average Bonchev–Trinajstić information content (AvgIpc) is 2.66. The summed E-state index contributed by atoms with van der Waals surface area (Å²) in [4.78, 5) is 15.3. The summed E-state index contributed by atoms with van der Waals surface area (Å²) in [5, 5.41) is 13.0. The third kappa shape index (κ3) is 1.88. The fourth-order valence-electron chi connectivity index (χ4n) is 2.17. The number of carbonyl (C=O) groups is 1. The van der Waals surface area contributed by atoms with Gasteiger partial charge in [0.25, 0.3) is 0 Å². The van der Waals surface area contributed by atoms with Crippen molar-refractivity contribution >= 4 is 47.3 Å². The molecule has 1 aliphatic rings. The number of hydrogen-bond donors (Lipinski definition) is 2. The molecule has 1 aliphatic heterocycles. The van der Waals surface area contributed by atoms with Crippen LogP contribution < -0.4 is 5.32 Å². The molecule has 0 bridgehead atoms. The zero-order chi connectivity index (χ0) is 12.7. The number of aliphatic imine (C=N–C) groups is 1. The molecule has 0 fully saturated rings. The van der Waals surface area contributed by atoms with Crippen LogP contribution in [-0.2, 0) is 0 Å². The molecule has 0 unspecified atom stereocenters. The van der Waals surface area contributed by atoms with E-state index >= 15 is 0 Å². The van der Waals surface area contributed by atoms with Crippen molar-refractivity contribution in [3.63, 3.8) is 0 Å². The van der Waals surface area contributed by atoms with Gasteiger partial charge in [-0.05, 0) is 17.7 Å². The largest absolute Gasteiger partial charge is 0.478 e. The number of furan rings is 1. The lowest BCUT2D eigenvalue weighted by Gasteiger charge is -2.08. The van der Waals surface area contributed by atoms with Gasteiger partial charge in [0.1, 0.15) is 6.26 Å². The average molecular weight is 279 g/mol. The number of carboxylic acids is 1. The zero-order valence-corrected chi connectivity index (χ0v) is 10.8. The van der Waals surface area contributed by atoms with E-state index in [0.717, 1.165) is 16.5 Å². The summed E-state index contributed by atoms with van der Waals surface area (Å²) in [6, 6.07) is 1.63.